The van der Waals surface area contributed by atoms with Crippen molar-refractivity contribution in [3.8, 4) is 0 Å². The molecule has 1 atom stereocenters. The fourth-order valence-corrected chi connectivity index (χ4v) is 1.92. The molecule has 2 aromatic rings. The highest BCUT2D eigenvalue weighted by molar-refractivity contribution is 5.17. The van der Waals surface area contributed by atoms with E-state index >= 15 is 0 Å². The third-order valence-electron chi connectivity index (χ3n) is 3.22. The SMILES string of the molecule is CC(CCc1ccccc1F)NCc1ncnn1C. The molecule has 0 radical (unpaired) electrons. The molecule has 0 fully saturated rings. The zero-order chi connectivity index (χ0) is 13.7. The molecule has 4 nitrogen and oxygen atoms in total. The van der Waals surface area contributed by atoms with Gasteiger partial charge in [0.25, 0.3) is 0 Å². The first-order valence-electron chi connectivity index (χ1n) is 6.46. The Kier molecular flexibility index (Phi) is 4.63. The fraction of sp³-hybridized carbons (Fsp3) is 0.429. The Morgan fingerprint density at radius 3 is 2.84 bits per heavy atom. The number of aromatic nitrogens is 3. The lowest BCUT2D eigenvalue weighted by Gasteiger charge is -2.13. The van der Waals surface area contributed by atoms with Crippen LogP contribution in [0.3, 0.4) is 0 Å². The third kappa shape index (κ3) is 3.86. The van der Waals surface area contributed by atoms with E-state index in [0.717, 1.165) is 24.2 Å². The van der Waals surface area contributed by atoms with Gasteiger partial charge in [0, 0.05) is 13.1 Å². The Balaban J connectivity index is 1.77. The van der Waals surface area contributed by atoms with Gasteiger partial charge in [-0.1, -0.05) is 18.2 Å². The van der Waals surface area contributed by atoms with Gasteiger partial charge in [0.15, 0.2) is 0 Å². The van der Waals surface area contributed by atoms with Crippen LogP contribution in [0.2, 0.25) is 0 Å². The van der Waals surface area contributed by atoms with E-state index in [1.54, 1.807) is 17.1 Å². The molecule has 2 rings (SSSR count). The van der Waals surface area contributed by atoms with E-state index in [4.69, 9.17) is 0 Å². The molecule has 19 heavy (non-hydrogen) atoms. The number of benzene rings is 1. The number of halogens is 1. The summed E-state index contributed by atoms with van der Waals surface area (Å²) in [6.07, 6.45) is 3.17. The Bertz CT molecular complexity index is 524. The number of aryl methyl sites for hydroxylation is 2. The van der Waals surface area contributed by atoms with Gasteiger partial charge in [0.2, 0.25) is 0 Å². The maximum atomic E-state index is 13.5. The van der Waals surface area contributed by atoms with Crippen molar-refractivity contribution >= 4 is 0 Å². The van der Waals surface area contributed by atoms with Crippen molar-refractivity contribution in [2.24, 2.45) is 7.05 Å². The van der Waals surface area contributed by atoms with Crippen LogP contribution in [-0.4, -0.2) is 20.8 Å². The molecule has 0 aliphatic carbocycles. The van der Waals surface area contributed by atoms with Crippen LogP contribution in [0.1, 0.15) is 24.7 Å². The highest BCUT2D eigenvalue weighted by atomic mass is 19.1. The molecule has 1 aromatic heterocycles. The van der Waals surface area contributed by atoms with Gasteiger partial charge in [0.1, 0.15) is 18.0 Å². The smallest absolute Gasteiger partial charge is 0.140 e. The molecular formula is C14H19FN4. The zero-order valence-electron chi connectivity index (χ0n) is 11.3. The third-order valence-corrected chi connectivity index (χ3v) is 3.22. The summed E-state index contributed by atoms with van der Waals surface area (Å²) in [5.41, 5.74) is 0.773. The summed E-state index contributed by atoms with van der Waals surface area (Å²) in [5, 5.41) is 7.39. The van der Waals surface area contributed by atoms with Gasteiger partial charge in [0.05, 0.1) is 6.54 Å². The second-order valence-corrected chi connectivity index (χ2v) is 4.71. The molecule has 0 saturated carbocycles. The summed E-state index contributed by atoms with van der Waals surface area (Å²) < 4.78 is 15.2. The predicted octanol–water partition coefficient (Wildman–Crippen LogP) is 2.07. The molecule has 0 aliphatic heterocycles. The van der Waals surface area contributed by atoms with Crippen molar-refractivity contribution in [2.45, 2.75) is 32.4 Å². The number of nitrogens with zero attached hydrogens (tertiary/aromatic N) is 3. The van der Waals surface area contributed by atoms with Gasteiger partial charge in [-0.3, -0.25) is 4.68 Å². The summed E-state index contributed by atoms with van der Waals surface area (Å²) in [6.45, 7) is 2.77. The molecule has 1 aromatic carbocycles. The molecule has 1 heterocycles. The van der Waals surface area contributed by atoms with E-state index in [-0.39, 0.29) is 5.82 Å². The molecule has 1 N–H and O–H groups in total. The molecular weight excluding hydrogens is 243 g/mol. The molecule has 102 valence electrons. The van der Waals surface area contributed by atoms with Crippen LogP contribution >= 0.6 is 0 Å². The Morgan fingerprint density at radius 1 is 1.37 bits per heavy atom. The van der Waals surface area contributed by atoms with E-state index < -0.39 is 0 Å². The number of nitrogens with one attached hydrogen (secondary N) is 1. The second kappa shape index (κ2) is 6.43. The van der Waals surface area contributed by atoms with Crippen LogP contribution in [0.4, 0.5) is 4.39 Å². The van der Waals surface area contributed by atoms with Crippen molar-refractivity contribution < 1.29 is 4.39 Å². The topological polar surface area (TPSA) is 42.7 Å². The zero-order valence-corrected chi connectivity index (χ0v) is 11.3. The first kappa shape index (κ1) is 13.7. The van der Waals surface area contributed by atoms with Crippen molar-refractivity contribution in [2.75, 3.05) is 0 Å². The summed E-state index contributed by atoms with van der Waals surface area (Å²) in [4.78, 5) is 4.15. The average molecular weight is 262 g/mol. The predicted molar refractivity (Wildman–Crippen MR) is 72.0 cm³/mol. The maximum Gasteiger partial charge on any atom is 0.140 e. The minimum absolute atomic E-state index is 0.122. The minimum Gasteiger partial charge on any atom is -0.307 e. The largest absolute Gasteiger partial charge is 0.307 e. The highest BCUT2D eigenvalue weighted by Gasteiger charge is 2.07. The first-order valence-corrected chi connectivity index (χ1v) is 6.46. The van der Waals surface area contributed by atoms with Crippen LogP contribution in [0, 0.1) is 5.82 Å². The van der Waals surface area contributed by atoms with Crippen LogP contribution in [-0.2, 0) is 20.0 Å². The molecule has 0 aliphatic rings. The molecule has 0 amide bonds. The normalized spacial score (nSPS) is 12.6. The molecule has 5 heteroatoms. The van der Waals surface area contributed by atoms with Crippen LogP contribution in [0.25, 0.3) is 0 Å². The van der Waals surface area contributed by atoms with E-state index in [2.05, 4.69) is 22.3 Å². The van der Waals surface area contributed by atoms with Gasteiger partial charge < -0.3 is 5.32 Å². The van der Waals surface area contributed by atoms with Crippen molar-refractivity contribution in [1.82, 2.24) is 20.1 Å². The van der Waals surface area contributed by atoms with E-state index in [9.17, 15) is 4.39 Å². The Labute approximate surface area is 112 Å². The van der Waals surface area contributed by atoms with Crippen molar-refractivity contribution in [3.05, 3.63) is 47.8 Å². The summed E-state index contributed by atoms with van der Waals surface area (Å²) >= 11 is 0. The number of rotatable bonds is 6. The minimum atomic E-state index is -0.122. The van der Waals surface area contributed by atoms with Crippen LogP contribution in [0.5, 0.6) is 0 Å². The molecule has 1 unspecified atom stereocenters. The van der Waals surface area contributed by atoms with E-state index in [0.29, 0.717) is 12.6 Å². The summed E-state index contributed by atoms with van der Waals surface area (Å²) in [5.74, 6) is 0.778. The Hall–Kier alpha value is -1.75. The lowest BCUT2D eigenvalue weighted by atomic mass is 10.1. The standard InChI is InChI=1S/C14H19FN4/c1-11(16-9-14-17-10-18-19(14)2)7-8-12-5-3-4-6-13(12)15/h3-6,10-11,16H,7-9H2,1-2H3. The Morgan fingerprint density at radius 2 is 2.16 bits per heavy atom. The maximum absolute atomic E-state index is 13.5. The number of hydrogen-bond donors (Lipinski definition) is 1. The van der Waals surface area contributed by atoms with Crippen molar-refractivity contribution in [1.29, 1.82) is 0 Å². The van der Waals surface area contributed by atoms with E-state index in [1.807, 2.05) is 19.2 Å². The van der Waals surface area contributed by atoms with Crippen LogP contribution in [0.15, 0.2) is 30.6 Å². The lowest BCUT2D eigenvalue weighted by molar-refractivity contribution is 0.489. The average Bonchev–Trinajstić information content (AvgIpc) is 2.81. The fourth-order valence-electron chi connectivity index (χ4n) is 1.92. The molecule has 0 saturated heterocycles. The summed E-state index contributed by atoms with van der Waals surface area (Å²) in [6, 6.07) is 7.24. The lowest BCUT2D eigenvalue weighted by Crippen LogP contribution is -2.27. The second-order valence-electron chi connectivity index (χ2n) is 4.71. The molecule has 0 spiro atoms. The van der Waals surface area contributed by atoms with Crippen molar-refractivity contribution in [3.63, 3.8) is 0 Å². The first-order chi connectivity index (χ1) is 9.16. The van der Waals surface area contributed by atoms with Gasteiger partial charge in [-0.15, -0.1) is 0 Å². The van der Waals surface area contributed by atoms with E-state index in [1.165, 1.54) is 6.07 Å². The number of hydrogen-bond acceptors (Lipinski definition) is 3. The van der Waals surface area contributed by atoms with Crippen LogP contribution < -0.4 is 5.32 Å². The van der Waals surface area contributed by atoms with Gasteiger partial charge in [-0.05, 0) is 31.4 Å². The van der Waals surface area contributed by atoms with Gasteiger partial charge in [-0.25, -0.2) is 9.37 Å². The van der Waals surface area contributed by atoms with Gasteiger partial charge in [-0.2, -0.15) is 5.10 Å². The molecule has 0 bridgehead atoms. The monoisotopic (exact) mass is 262 g/mol. The highest BCUT2D eigenvalue weighted by Crippen LogP contribution is 2.10. The van der Waals surface area contributed by atoms with Gasteiger partial charge >= 0.3 is 0 Å². The summed E-state index contributed by atoms with van der Waals surface area (Å²) in [7, 11) is 1.87. The quantitative estimate of drug-likeness (QED) is 0.866.